The predicted molar refractivity (Wildman–Crippen MR) is 60.1 cm³/mol. The summed E-state index contributed by atoms with van der Waals surface area (Å²) in [5, 5.41) is 2.80. The van der Waals surface area contributed by atoms with Crippen molar-refractivity contribution in [1.29, 1.82) is 0 Å². The number of carbonyl (C=O) groups excluding carboxylic acids is 1. The Hall–Kier alpha value is -1.35. The van der Waals surface area contributed by atoms with Crippen LogP contribution in [0.3, 0.4) is 0 Å². The first-order chi connectivity index (χ1) is 7.16. The molecule has 1 aromatic carbocycles. The van der Waals surface area contributed by atoms with Crippen LogP contribution < -0.4 is 5.32 Å². The van der Waals surface area contributed by atoms with Crippen LogP contribution in [0, 0.1) is 13.8 Å². The summed E-state index contributed by atoms with van der Waals surface area (Å²) >= 11 is 0. The van der Waals surface area contributed by atoms with Crippen molar-refractivity contribution in [2.45, 2.75) is 13.8 Å². The average Bonchev–Trinajstić information content (AvgIpc) is 2.22. The van der Waals surface area contributed by atoms with E-state index >= 15 is 0 Å². The molecule has 1 N–H and O–H groups in total. The van der Waals surface area contributed by atoms with Crippen LogP contribution in [0.1, 0.15) is 21.5 Å². The number of hydrogen-bond acceptors (Lipinski definition) is 2. The molecule has 3 heteroatoms. The first-order valence-corrected chi connectivity index (χ1v) is 5.00. The minimum Gasteiger partial charge on any atom is -0.383 e. The monoisotopic (exact) mass is 207 g/mol. The van der Waals surface area contributed by atoms with Crippen molar-refractivity contribution < 1.29 is 9.53 Å². The summed E-state index contributed by atoms with van der Waals surface area (Å²) in [4.78, 5) is 11.7. The van der Waals surface area contributed by atoms with Gasteiger partial charge in [0.15, 0.2) is 0 Å². The molecular weight excluding hydrogens is 190 g/mol. The van der Waals surface area contributed by atoms with Gasteiger partial charge in [0.05, 0.1) is 6.61 Å². The lowest BCUT2D eigenvalue weighted by atomic mass is 10.0. The summed E-state index contributed by atoms with van der Waals surface area (Å²) in [7, 11) is 1.62. The normalized spacial score (nSPS) is 10.1. The van der Waals surface area contributed by atoms with Gasteiger partial charge in [-0.15, -0.1) is 0 Å². The Balaban J connectivity index is 2.69. The molecule has 0 heterocycles. The van der Waals surface area contributed by atoms with Gasteiger partial charge in [-0.3, -0.25) is 4.79 Å². The molecule has 15 heavy (non-hydrogen) atoms. The van der Waals surface area contributed by atoms with E-state index in [9.17, 15) is 4.79 Å². The van der Waals surface area contributed by atoms with Crippen molar-refractivity contribution >= 4 is 5.91 Å². The van der Waals surface area contributed by atoms with Crippen LogP contribution in [-0.4, -0.2) is 26.2 Å². The zero-order chi connectivity index (χ0) is 11.3. The largest absolute Gasteiger partial charge is 0.383 e. The molecule has 0 saturated carbocycles. The van der Waals surface area contributed by atoms with Gasteiger partial charge in [0.1, 0.15) is 0 Å². The number of amides is 1. The maximum Gasteiger partial charge on any atom is 0.251 e. The highest BCUT2D eigenvalue weighted by molar-refractivity contribution is 5.95. The lowest BCUT2D eigenvalue weighted by molar-refractivity contribution is 0.0936. The number of aryl methyl sites for hydroxylation is 1. The second-order valence-electron chi connectivity index (χ2n) is 3.50. The Morgan fingerprint density at radius 1 is 1.40 bits per heavy atom. The molecule has 0 aliphatic carbocycles. The average molecular weight is 207 g/mol. The lowest BCUT2D eigenvalue weighted by Gasteiger charge is -2.08. The summed E-state index contributed by atoms with van der Waals surface area (Å²) in [5.41, 5.74) is 2.91. The quantitative estimate of drug-likeness (QED) is 0.763. The maximum atomic E-state index is 11.7. The number of methoxy groups -OCH3 is 1. The first-order valence-electron chi connectivity index (χ1n) is 5.00. The maximum absolute atomic E-state index is 11.7. The van der Waals surface area contributed by atoms with E-state index in [4.69, 9.17) is 4.74 Å². The minimum atomic E-state index is -0.0340. The topological polar surface area (TPSA) is 38.3 Å². The van der Waals surface area contributed by atoms with Crippen LogP contribution >= 0.6 is 0 Å². The number of carbonyl (C=O) groups is 1. The molecule has 0 radical (unpaired) electrons. The molecule has 0 fully saturated rings. The number of nitrogens with one attached hydrogen (secondary N) is 1. The third-order valence-electron chi connectivity index (χ3n) is 2.44. The fraction of sp³-hybridized carbons (Fsp3) is 0.417. The van der Waals surface area contributed by atoms with E-state index in [1.54, 1.807) is 7.11 Å². The molecule has 0 aliphatic heterocycles. The number of hydrogen-bond donors (Lipinski definition) is 1. The van der Waals surface area contributed by atoms with E-state index in [2.05, 4.69) is 5.32 Å². The zero-order valence-electron chi connectivity index (χ0n) is 9.46. The van der Waals surface area contributed by atoms with Crippen LogP contribution in [0.5, 0.6) is 0 Å². The molecule has 0 bridgehead atoms. The number of ether oxygens (including phenoxy) is 1. The van der Waals surface area contributed by atoms with Crippen LogP contribution in [0.4, 0.5) is 0 Å². The van der Waals surface area contributed by atoms with E-state index in [0.717, 1.165) is 16.7 Å². The van der Waals surface area contributed by atoms with Crippen molar-refractivity contribution in [1.82, 2.24) is 5.32 Å². The summed E-state index contributed by atoms with van der Waals surface area (Å²) in [6.45, 7) is 5.04. The van der Waals surface area contributed by atoms with Crippen molar-refractivity contribution in [3.8, 4) is 0 Å². The van der Waals surface area contributed by atoms with Crippen molar-refractivity contribution in [2.24, 2.45) is 0 Å². The minimum absolute atomic E-state index is 0.0340. The predicted octanol–water partition coefficient (Wildman–Crippen LogP) is 1.68. The smallest absolute Gasteiger partial charge is 0.251 e. The molecule has 0 saturated heterocycles. The molecule has 0 aliphatic rings. The van der Waals surface area contributed by atoms with Gasteiger partial charge in [0, 0.05) is 19.2 Å². The van der Waals surface area contributed by atoms with Crippen molar-refractivity contribution in [2.75, 3.05) is 20.3 Å². The van der Waals surface area contributed by atoms with Gasteiger partial charge in [0.2, 0.25) is 0 Å². The van der Waals surface area contributed by atoms with Crippen LogP contribution in [0.25, 0.3) is 0 Å². The standard InChI is InChI=1S/C12H17NO2/c1-9-5-4-6-11(10(9)2)12(14)13-7-8-15-3/h4-6H,7-8H2,1-3H3,(H,13,14). The van der Waals surface area contributed by atoms with Gasteiger partial charge >= 0.3 is 0 Å². The molecule has 1 aromatic rings. The van der Waals surface area contributed by atoms with Gasteiger partial charge in [-0.1, -0.05) is 12.1 Å². The third-order valence-corrected chi connectivity index (χ3v) is 2.44. The molecular formula is C12H17NO2. The van der Waals surface area contributed by atoms with Crippen LogP contribution in [0.2, 0.25) is 0 Å². The second-order valence-corrected chi connectivity index (χ2v) is 3.50. The first kappa shape index (κ1) is 11.7. The molecule has 1 amide bonds. The Kier molecular flexibility index (Phi) is 4.31. The summed E-state index contributed by atoms with van der Waals surface area (Å²) in [6.07, 6.45) is 0. The lowest BCUT2D eigenvalue weighted by Crippen LogP contribution is -2.27. The molecule has 3 nitrogen and oxygen atoms in total. The summed E-state index contributed by atoms with van der Waals surface area (Å²) in [6, 6.07) is 5.74. The summed E-state index contributed by atoms with van der Waals surface area (Å²) in [5.74, 6) is -0.0340. The van der Waals surface area contributed by atoms with Crippen molar-refractivity contribution in [3.63, 3.8) is 0 Å². The fourth-order valence-electron chi connectivity index (χ4n) is 1.36. The Bertz CT molecular complexity index is 347. The highest BCUT2D eigenvalue weighted by Gasteiger charge is 2.08. The Labute approximate surface area is 90.4 Å². The van der Waals surface area contributed by atoms with E-state index in [-0.39, 0.29) is 5.91 Å². The molecule has 82 valence electrons. The fourth-order valence-corrected chi connectivity index (χ4v) is 1.36. The van der Waals surface area contributed by atoms with E-state index < -0.39 is 0 Å². The summed E-state index contributed by atoms with van der Waals surface area (Å²) < 4.78 is 4.87. The van der Waals surface area contributed by atoms with Gasteiger partial charge in [0.25, 0.3) is 5.91 Å². The molecule has 0 atom stereocenters. The van der Waals surface area contributed by atoms with Gasteiger partial charge < -0.3 is 10.1 Å². The van der Waals surface area contributed by atoms with Gasteiger partial charge in [-0.25, -0.2) is 0 Å². The SMILES string of the molecule is COCCNC(=O)c1cccc(C)c1C. The van der Waals surface area contributed by atoms with Gasteiger partial charge in [-0.05, 0) is 31.0 Å². The Morgan fingerprint density at radius 2 is 2.13 bits per heavy atom. The van der Waals surface area contributed by atoms with E-state index in [0.29, 0.717) is 13.2 Å². The molecule has 0 unspecified atom stereocenters. The van der Waals surface area contributed by atoms with E-state index in [1.807, 2.05) is 32.0 Å². The highest BCUT2D eigenvalue weighted by Crippen LogP contribution is 2.12. The van der Waals surface area contributed by atoms with Crippen molar-refractivity contribution in [3.05, 3.63) is 34.9 Å². The molecule has 0 spiro atoms. The Morgan fingerprint density at radius 3 is 2.80 bits per heavy atom. The zero-order valence-corrected chi connectivity index (χ0v) is 9.46. The van der Waals surface area contributed by atoms with E-state index in [1.165, 1.54) is 0 Å². The number of rotatable bonds is 4. The highest BCUT2D eigenvalue weighted by atomic mass is 16.5. The third kappa shape index (κ3) is 3.06. The van der Waals surface area contributed by atoms with Crippen LogP contribution in [0.15, 0.2) is 18.2 Å². The molecule has 1 rings (SSSR count). The number of benzene rings is 1. The van der Waals surface area contributed by atoms with Crippen LogP contribution in [-0.2, 0) is 4.74 Å². The van der Waals surface area contributed by atoms with Gasteiger partial charge in [-0.2, -0.15) is 0 Å². The second kappa shape index (κ2) is 5.51. The molecule has 0 aromatic heterocycles.